The predicted octanol–water partition coefficient (Wildman–Crippen LogP) is 6.30. The van der Waals surface area contributed by atoms with E-state index in [1.54, 1.807) is 36.6 Å². The first kappa shape index (κ1) is 26.6. The maximum absolute atomic E-state index is 13.4. The quantitative estimate of drug-likeness (QED) is 0.147. The molecule has 0 spiro atoms. The molecular formula is C30H25N3O6S. The van der Waals surface area contributed by atoms with Gasteiger partial charge in [-0.1, -0.05) is 30.3 Å². The maximum Gasteiger partial charge on any atom is 0.267 e. The molecule has 202 valence electrons. The van der Waals surface area contributed by atoms with Crippen LogP contribution in [0.25, 0.3) is 6.08 Å². The van der Waals surface area contributed by atoms with E-state index < -0.39 is 0 Å². The van der Waals surface area contributed by atoms with Gasteiger partial charge in [0.05, 0.1) is 38.1 Å². The number of para-hydroxylation sites is 1. The molecule has 1 saturated heterocycles. The van der Waals surface area contributed by atoms with Gasteiger partial charge in [0, 0.05) is 5.56 Å². The monoisotopic (exact) mass is 555 g/mol. The number of furan rings is 1. The summed E-state index contributed by atoms with van der Waals surface area (Å²) in [4.78, 5) is 15.4. The summed E-state index contributed by atoms with van der Waals surface area (Å²) in [5, 5.41) is 19.1. The third-order valence-electron chi connectivity index (χ3n) is 5.77. The first-order valence-corrected chi connectivity index (χ1v) is 13.0. The Kier molecular flexibility index (Phi) is 8.17. The van der Waals surface area contributed by atoms with Gasteiger partial charge >= 0.3 is 0 Å². The van der Waals surface area contributed by atoms with Gasteiger partial charge in [0.25, 0.3) is 5.91 Å². The lowest BCUT2D eigenvalue weighted by Gasteiger charge is -2.12. The third-order valence-corrected chi connectivity index (χ3v) is 6.77. The Balaban J connectivity index is 1.41. The molecule has 1 fully saturated rings. The first-order chi connectivity index (χ1) is 19.5. The van der Waals surface area contributed by atoms with Crippen LogP contribution in [0.1, 0.15) is 16.9 Å². The fourth-order valence-electron chi connectivity index (χ4n) is 3.86. The molecule has 0 saturated carbocycles. The lowest BCUT2D eigenvalue weighted by Crippen LogP contribution is -2.28. The number of phenols is 1. The fraction of sp³-hybridized carbons (Fsp3) is 0.100. The predicted molar refractivity (Wildman–Crippen MR) is 154 cm³/mol. The average molecular weight is 556 g/mol. The van der Waals surface area contributed by atoms with Crippen LogP contribution in [-0.4, -0.2) is 41.5 Å². The van der Waals surface area contributed by atoms with Crippen LogP contribution in [0, 0.1) is 0 Å². The summed E-state index contributed by atoms with van der Waals surface area (Å²) >= 11 is 1.21. The van der Waals surface area contributed by atoms with Gasteiger partial charge in [0.15, 0.2) is 16.7 Å². The van der Waals surface area contributed by atoms with Crippen molar-refractivity contribution in [1.82, 2.24) is 4.90 Å². The van der Waals surface area contributed by atoms with Gasteiger partial charge in [-0.05, 0) is 71.9 Å². The van der Waals surface area contributed by atoms with Crippen molar-refractivity contribution in [3.05, 3.63) is 107 Å². The molecule has 1 aliphatic heterocycles. The van der Waals surface area contributed by atoms with E-state index in [-0.39, 0.29) is 29.7 Å². The molecule has 0 radical (unpaired) electrons. The molecule has 0 unspecified atom stereocenters. The molecule has 0 atom stereocenters. The lowest BCUT2D eigenvalue weighted by atomic mass is 10.2. The summed E-state index contributed by atoms with van der Waals surface area (Å²) in [7, 11) is 2.89. The molecule has 4 aromatic rings. The van der Waals surface area contributed by atoms with Gasteiger partial charge in [0.1, 0.15) is 17.3 Å². The number of amides is 1. The van der Waals surface area contributed by atoms with E-state index in [1.165, 1.54) is 37.1 Å². The SMILES string of the molecule is COc1cc(/C=N/N=C2\S/C(=C\c3cccc(Oc4ccccc4)c3)C(=O)N2Cc2ccco2)cc(OC)c1O. The topological polar surface area (TPSA) is 106 Å². The Hall–Kier alpha value is -4.96. The van der Waals surface area contributed by atoms with Crippen LogP contribution in [0.15, 0.2) is 105 Å². The number of rotatable bonds is 9. The van der Waals surface area contributed by atoms with E-state index >= 15 is 0 Å². The second kappa shape index (κ2) is 12.3. The van der Waals surface area contributed by atoms with Gasteiger partial charge in [-0.25, -0.2) is 0 Å². The van der Waals surface area contributed by atoms with Crippen LogP contribution in [0.4, 0.5) is 0 Å². The highest BCUT2D eigenvalue weighted by Gasteiger charge is 2.34. The molecule has 10 heteroatoms. The number of carbonyl (C=O) groups excluding carboxylic acids is 1. The second-order valence-corrected chi connectivity index (χ2v) is 9.48. The first-order valence-electron chi connectivity index (χ1n) is 12.2. The van der Waals surface area contributed by atoms with Crippen LogP contribution in [0.5, 0.6) is 28.7 Å². The van der Waals surface area contributed by atoms with Crippen molar-refractivity contribution < 1.29 is 28.5 Å². The number of hydrogen-bond acceptors (Lipinski definition) is 9. The molecule has 5 rings (SSSR count). The summed E-state index contributed by atoms with van der Waals surface area (Å²) in [6.07, 6.45) is 4.83. The van der Waals surface area contributed by atoms with Gasteiger partial charge in [-0.3, -0.25) is 9.69 Å². The number of carbonyl (C=O) groups is 1. The number of phenolic OH excluding ortho intramolecular Hbond substituents is 1. The van der Waals surface area contributed by atoms with Gasteiger partial charge in [-0.15, -0.1) is 5.10 Å². The van der Waals surface area contributed by atoms with E-state index in [9.17, 15) is 9.90 Å². The molecule has 0 aliphatic carbocycles. The normalized spacial score (nSPS) is 15.3. The minimum Gasteiger partial charge on any atom is -0.502 e. The van der Waals surface area contributed by atoms with Crippen molar-refractivity contribution in [2.45, 2.75) is 6.54 Å². The molecule has 3 aromatic carbocycles. The lowest BCUT2D eigenvalue weighted by molar-refractivity contribution is -0.122. The summed E-state index contributed by atoms with van der Waals surface area (Å²) in [5.74, 6) is 2.13. The van der Waals surface area contributed by atoms with Crippen LogP contribution in [0.2, 0.25) is 0 Å². The number of methoxy groups -OCH3 is 2. The third kappa shape index (κ3) is 6.19. The number of amidine groups is 1. The Morgan fingerprint density at radius 3 is 2.38 bits per heavy atom. The van der Waals surface area contributed by atoms with Crippen molar-refractivity contribution in [3.8, 4) is 28.7 Å². The summed E-state index contributed by atoms with van der Waals surface area (Å²) in [6.45, 7) is 0.197. The van der Waals surface area contributed by atoms with Crippen molar-refractivity contribution in [2.24, 2.45) is 10.2 Å². The molecule has 1 amide bonds. The largest absolute Gasteiger partial charge is 0.502 e. The minimum absolute atomic E-state index is 0.108. The van der Waals surface area contributed by atoms with Crippen LogP contribution >= 0.6 is 11.8 Å². The van der Waals surface area contributed by atoms with Crippen LogP contribution < -0.4 is 14.2 Å². The van der Waals surface area contributed by atoms with E-state index in [2.05, 4.69) is 10.2 Å². The van der Waals surface area contributed by atoms with Crippen molar-refractivity contribution >= 4 is 35.1 Å². The Labute approximate surface area is 235 Å². The Bertz CT molecular complexity index is 1560. The molecule has 1 N–H and O–H groups in total. The molecule has 40 heavy (non-hydrogen) atoms. The maximum atomic E-state index is 13.4. The van der Waals surface area contributed by atoms with Crippen molar-refractivity contribution in [3.63, 3.8) is 0 Å². The van der Waals surface area contributed by atoms with Gasteiger partial charge in [-0.2, -0.15) is 5.10 Å². The zero-order chi connectivity index (χ0) is 27.9. The number of thioether (sulfide) groups is 1. The minimum atomic E-state index is -0.224. The van der Waals surface area contributed by atoms with Crippen LogP contribution in [0.3, 0.4) is 0 Å². The highest BCUT2D eigenvalue weighted by Crippen LogP contribution is 2.37. The zero-order valence-corrected chi connectivity index (χ0v) is 22.5. The average Bonchev–Trinajstić information content (AvgIpc) is 3.59. The fourth-order valence-corrected chi connectivity index (χ4v) is 4.79. The standard InChI is InChI=1S/C30H25N3O6S/c1-36-25-15-21(16-26(37-2)28(25)34)18-31-32-30-33(19-24-12-7-13-38-24)29(35)27(40-30)17-20-8-6-11-23(14-20)39-22-9-4-3-5-10-22/h3-18,34H,19H2,1-2H3/b27-17-,31-18+,32-30-. The summed E-state index contributed by atoms with van der Waals surface area (Å²) < 4.78 is 21.8. The number of hydrogen-bond donors (Lipinski definition) is 1. The molecule has 2 heterocycles. The highest BCUT2D eigenvalue weighted by atomic mass is 32.2. The van der Waals surface area contributed by atoms with Gasteiger partial charge < -0.3 is 23.7 Å². The molecule has 1 aromatic heterocycles. The number of ether oxygens (including phenoxy) is 3. The van der Waals surface area contributed by atoms with Crippen molar-refractivity contribution in [1.29, 1.82) is 0 Å². The van der Waals surface area contributed by atoms with E-state index in [0.717, 1.165) is 11.3 Å². The number of benzene rings is 3. The van der Waals surface area contributed by atoms with Crippen molar-refractivity contribution in [2.75, 3.05) is 14.2 Å². The Morgan fingerprint density at radius 2 is 1.68 bits per heavy atom. The molecule has 1 aliphatic rings. The zero-order valence-electron chi connectivity index (χ0n) is 21.7. The molecule has 9 nitrogen and oxygen atoms in total. The highest BCUT2D eigenvalue weighted by molar-refractivity contribution is 8.18. The van der Waals surface area contributed by atoms with Crippen LogP contribution in [-0.2, 0) is 11.3 Å². The van der Waals surface area contributed by atoms with E-state index in [1.807, 2.05) is 54.6 Å². The van der Waals surface area contributed by atoms with E-state index in [4.69, 9.17) is 18.6 Å². The van der Waals surface area contributed by atoms with Gasteiger partial charge in [0.2, 0.25) is 5.75 Å². The molecule has 0 bridgehead atoms. The van der Waals surface area contributed by atoms with E-state index in [0.29, 0.717) is 27.1 Å². The second-order valence-electron chi connectivity index (χ2n) is 8.47. The summed E-state index contributed by atoms with van der Waals surface area (Å²) in [6, 6.07) is 23.7. The summed E-state index contributed by atoms with van der Waals surface area (Å²) in [5.41, 5.74) is 1.39. The Morgan fingerprint density at radius 1 is 0.925 bits per heavy atom. The number of nitrogens with zero attached hydrogens (tertiary/aromatic N) is 3. The number of aromatic hydroxyl groups is 1. The smallest absolute Gasteiger partial charge is 0.267 e. The molecular weight excluding hydrogens is 530 g/mol.